The van der Waals surface area contributed by atoms with E-state index in [1.165, 1.54) is 12.8 Å². The highest BCUT2D eigenvalue weighted by Gasteiger charge is 2.23. The molecule has 1 saturated carbocycles. The van der Waals surface area contributed by atoms with E-state index in [4.69, 9.17) is 5.73 Å². The summed E-state index contributed by atoms with van der Waals surface area (Å²) in [6, 6.07) is 0.186. The Bertz CT molecular complexity index is 153. The van der Waals surface area contributed by atoms with Crippen LogP contribution in [0.3, 0.4) is 0 Å². The Morgan fingerprint density at radius 1 is 1.50 bits per heavy atom. The van der Waals surface area contributed by atoms with E-state index in [-0.39, 0.29) is 6.03 Å². The monoisotopic (exact) mass is 170 g/mol. The van der Waals surface area contributed by atoms with Gasteiger partial charge in [-0.3, -0.25) is 0 Å². The zero-order valence-electron chi connectivity index (χ0n) is 7.75. The second kappa shape index (κ2) is 4.33. The third-order valence-corrected chi connectivity index (χ3v) is 2.51. The highest BCUT2D eigenvalue weighted by molar-refractivity contribution is 5.72. The summed E-state index contributed by atoms with van der Waals surface area (Å²) in [6.45, 7) is 2.89. The molecule has 0 unspecified atom stereocenters. The molecule has 2 amide bonds. The molecule has 2 N–H and O–H groups in total. The van der Waals surface area contributed by atoms with Crippen molar-refractivity contribution in [3.8, 4) is 0 Å². The summed E-state index contributed by atoms with van der Waals surface area (Å²) in [5.74, 6) is 0. The molecule has 1 aliphatic carbocycles. The minimum Gasteiger partial charge on any atom is -0.351 e. The first-order chi connectivity index (χ1) is 5.75. The van der Waals surface area contributed by atoms with Crippen molar-refractivity contribution in [2.45, 2.75) is 45.1 Å². The smallest absolute Gasteiger partial charge is 0.315 e. The summed E-state index contributed by atoms with van der Waals surface area (Å²) in [5, 5.41) is 0. The zero-order valence-corrected chi connectivity index (χ0v) is 7.75. The van der Waals surface area contributed by atoms with Crippen LogP contribution in [0.5, 0.6) is 0 Å². The van der Waals surface area contributed by atoms with Gasteiger partial charge in [0.05, 0.1) is 0 Å². The van der Waals surface area contributed by atoms with Crippen molar-refractivity contribution >= 4 is 6.03 Å². The van der Waals surface area contributed by atoms with E-state index >= 15 is 0 Å². The minimum absolute atomic E-state index is 0.247. The second-order valence-electron chi connectivity index (χ2n) is 3.47. The molecule has 1 fully saturated rings. The number of nitrogens with zero attached hydrogens (tertiary/aromatic N) is 1. The lowest BCUT2D eigenvalue weighted by Crippen LogP contribution is -2.42. The third-order valence-electron chi connectivity index (χ3n) is 2.51. The van der Waals surface area contributed by atoms with Crippen LogP contribution >= 0.6 is 0 Å². The molecule has 0 atom stereocenters. The molecule has 0 aromatic rings. The van der Waals surface area contributed by atoms with E-state index in [2.05, 4.69) is 6.92 Å². The van der Waals surface area contributed by atoms with Crippen molar-refractivity contribution in [3.05, 3.63) is 0 Å². The van der Waals surface area contributed by atoms with Crippen LogP contribution in [-0.2, 0) is 0 Å². The van der Waals surface area contributed by atoms with Gasteiger partial charge in [-0.2, -0.15) is 0 Å². The molecule has 0 radical (unpaired) electrons. The summed E-state index contributed by atoms with van der Waals surface area (Å²) >= 11 is 0. The highest BCUT2D eigenvalue weighted by Crippen LogP contribution is 2.23. The Labute approximate surface area is 73.9 Å². The van der Waals surface area contributed by atoms with Crippen molar-refractivity contribution in [2.24, 2.45) is 5.73 Å². The van der Waals surface area contributed by atoms with Crippen LogP contribution in [0.4, 0.5) is 4.79 Å². The van der Waals surface area contributed by atoms with Crippen LogP contribution in [-0.4, -0.2) is 23.5 Å². The number of amides is 2. The quantitative estimate of drug-likeness (QED) is 0.688. The van der Waals surface area contributed by atoms with Crippen LogP contribution < -0.4 is 5.73 Å². The number of nitrogens with two attached hydrogens (primary N) is 1. The molecule has 12 heavy (non-hydrogen) atoms. The molecule has 0 aromatic heterocycles. The van der Waals surface area contributed by atoms with Gasteiger partial charge in [0.2, 0.25) is 0 Å². The van der Waals surface area contributed by atoms with Gasteiger partial charge in [0.1, 0.15) is 0 Å². The molecule has 1 aliphatic rings. The van der Waals surface area contributed by atoms with E-state index in [0.29, 0.717) is 6.04 Å². The highest BCUT2D eigenvalue weighted by atomic mass is 16.2. The topological polar surface area (TPSA) is 46.3 Å². The van der Waals surface area contributed by atoms with E-state index in [0.717, 1.165) is 25.8 Å². The molecular formula is C9H18N2O. The molecule has 0 spiro atoms. The zero-order chi connectivity index (χ0) is 8.97. The summed E-state index contributed by atoms with van der Waals surface area (Å²) < 4.78 is 0. The summed E-state index contributed by atoms with van der Waals surface area (Å²) in [4.78, 5) is 12.9. The van der Waals surface area contributed by atoms with Crippen LogP contribution in [0.15, 0.2) is 0 Å². The van der Waals surface area contributed by atoms with Gasteiger partial charge in [0, 0.05) is 12.6 Å². The fourth-order valence-electron chi connectivity index (χ4n) is 1.93. The number of urea groups is 1. The van der Waals surface area contributed by atoms with Gasteiger partial charge < -0.3 is 10.6 Å². The first-order valence-electron chi connectivity index (χ1n) is 4.81. The Morgan fingerprint density at radius 3 is 2.50 bits per heavy atom. The predicted octanol–water partition coefficient (Wildman–Crippen LogP) is 1.72. The summed E-state index contributed by atoms with van der Waals surface area (Å²) in [7, 11) is 0. The maximum Gasteiger partial charge on any atom is 0.315 e. The van der Waals surface area contributed by atoms with Gasteiger partial charge in [0.15, 0.2) is 0 Å². The van der Waals surface area contributed by atoms with Crippen molar-refractivity contribution in [3.63, 3.8) is 0 Å². The second-order valence-corrected chi connectivity index (χ2v) is 3.47. The maximum absolute atomic E-state index is 11.0. The number of carbonyl (C=O) groups is 1. The lowest BCUT2D eigenvalue weighted by atomic mass is 10.2. The molecule has 3 nitrogen and oxygen atoms in total. The van der Waals surface area contributed by atoms with Gasteiger partial charge in [0.25, 0.3) is 0 Å². The SMILES string of the molecule is CCCN(C(N)=O)C1CCCC1. The molecule has 1 rings (SSSR count). The van der Waals surface area contributed by atoms with Crippen molar-refractivity contribution in [1.29, 1.82) is 0 Å². The first kappa shape index (κ1) is 9.36. The van der Waals surface area contributed by atoms with E-state index in [1.807, 2.05) is 4.90 Å². The summed E-state index contributed by atoms with van der Waals surface area (Å²) in [5.41, 5.74) is 5.29. The molecule has 70 valence electrons. The molecular weight excluding hydrogens is 152 g/mol. The average Bonchev–Trinajstić information content (AvgIpc) is 2.51. The van der Waals surface area contributed by atoms with E-state index < -0.39 is 0 Å². The lowest BCUT2D eigenvalue weighted by molar-refractivity contribution is 0.184. The number of rotatable bonds is 3. The predicted molar refractivity (Wildman–Crippen MR) is 48.8 cm³/mol. The molecule has 0 bridgehead atoms. The lowest BCUT2D eigenvalue weighted by Gasteiger charge is -2.26. The maximum atomic E-state index is 11.0. The number of hydrogen-bond acceptors (Lipinski definition) is 1. The third kappa shape index (κ3) is 2.13. The van der Waals surface area contributed by atoms with Crippen LogP contribution in [0.2, 0.25) is 0 Å². The Balaban J connectivity index is 2.45. The number of hydrogen-bond donors (Lipinski definition) is 1. The van der Waals surface area contributed by atoms with Gasteiger partial charge in [-0.25, -0.2) is 4.79 Å². The summed E-state index contributed by atoms with van der Waals surface area (Å²) in [6.07, 6.45) is 5.78. The standard InChI is InChI=1S/C9H18N2O/c1-2-7-11(9(10)12)8-5-3-4-6-8/h8H,2-7H2,1H3,(H2,10,12). The molecule has 0 saturated heterocycles. The minimum atomic E-state index is -0.247. The molecule has 3 heteroatoms. The van der Waals surface area contributed by atoms with Crippen LogP contribution in [0.25, 0.3) is 0 Å². The van der Waals surface area contributed by atoms with E-state index in [1.54, 1.807) is 0 Å². The normalized spacial score (nSPS) is 18.1. The molecule has 0 heterocycles. The fourth-order valence-corrected chi connectivity index (χ4v) is 1.93. The van der Waals surface area contributed by atoms with Crippen molar-refractivity contribution in [2.75, 3.05) is 6.54 Å². The largest absolute Gasteiger partial charge is 0.351 e. The Hall–Kier alpha value is -0.730. The van der Waals surface area contributed by atoms with Crippen LogP contribution in [0, 0.1) is 0 Å². The van der Waals surface area contributed by atoms with Crippen molar-refractivity contribution < 1.29 is 4.79 Å². The Kier molecular flexibility index (Phi) is 3.38. The average molecular weight is 170 g/mol. The van der Waals surface area contributed by atoms with Gasteiger partial charge in [-0.1, -0.05) is 19.8 Å². The van der Waals surface area contributed by atoms with Gasteiger partial charge in [-0.05, 0) is 19.3 Å². The molecule has 0 aliphatic heterocycles. The van der Waals surface area contributed by atoms with Gasteiger partial charge in [-0.15, -0.1) is 0 Å². The van der Waals surface area contributed by atoms with E-state index in [9.17, 15) is 4.79 Å². The van der Waals surface area contributed by atoms with Crippen molar-refractivity contribution in [1.82, 2.24) is 4.90 Å². The number of primary amides is 1. The van der Waals surface area contributed by atoms with Gasteiger partial charge >= 0.3 is 6.03 Å². The number of carbonyl (C=O) groups excluding carboxylic acids is 1. The fraction of sp³-hybridized carbons (Fsp3) is 0.889. The molecule has 0 aromatic carbocycles. The Morgan fingerprint density at radius 2 is 2.08 bits per heavy atom. The van der Waals surface area contributed by atoms with Crippen LogP contribution in [0.1, 0.15) is 39.0 Å². The first-order valence-corrected chi connectivity index (χ1v) is 4.81.